The van der Waals surface area contributed by atoms with E-state index in [2.05, 4.69) is 10.1 Å². The van der Waals surface area contributed by atoms with Gasteiger partial charge in [0.1, 0.15) is 15.9 Å². The molecule has 0 aliphatic rings. The van der Waals surface area contributed by atoms with E-state index in [4.69, 9.17) is 10.5 Å². The van der Waals surface area contributed by atoms with Crippen LogP contribution in [0.3, 0.4) is 0 Å². The number of sulfonamides is 1. The number of nitrogens with zero attached hydrogens (tertiary/aromatic N) is 4. The van der Waals surface area contributed by atoms with Crippen LogP contribution in [0.5, 0.6) is 0 Å². The van der Waals surface area contributed by atoms with Gasteiger partial charge in [-0.05, 0) is 36.8 Å². The van der Waals surface area contributed by atoms with Gasteiger partial charge in [-0.2, -0.15) is 20.1 Å². The van der Waals surface area contributed by atoms with Crippen LogP contribution in [-0.4, -0.2) is 44.8 Å². The Morgan fingerprint density at radius 1 is 1.09 bits per heavy atom. The van der Waals surface area contributed by atoms with Crippen LogP contribution in [0.15, 0.2) is 29.2 Å². The molecule has 1 aromatic heterocycles. The van der Waals surface area contributed by atoms with Crippen molar-refractivity contribution in [1.29, 1.82) is 15.8 Å². The first-order chi connectivity index (χ1) is 15.7. The van der Waals surface area contributed by atoms with Crippen LogP contribution < -0.4 is 5.32 Å². The van der Waals surface area contributed by atoms with Gasteiger partial charge in [0.15, 0.2) is 0 Å². The summed E-state index contributed by atoms with van der Waals surface area (Å²) in [6, 6.07) is 10.8. The smallest absolute Gasteiger partial charge is 0.348 e. The quantitative estimate of drug-likeness (QED) is 0.530. The zero-order valence-corrected chi connectivity index (χ0v) is 19.4. The summed E-state index contributed by atoms with van der Waals surface area (Å²) in [4.78, 5) is 24.6. The summed E-state index contributed by atoms with van der Waals surface area (Å²) in [7, 11) is -2.75. The Bertz CT molecular complexity index is 1260. The van der Waals surface area contributed by atoms with Crippen LogP contribution in [0.2, 0.25) is 0 Å². The molecule has 0 unspecified atom stereocenters. The van der Waals surface area contributed by atoms with Crippen molar-refractivity contribution >= 4 is 38.2 Å². The van der Waals surface area contributed by atoms with E-state index < -0.39 is 21.9 Å². The SMILES string of the molecule is COC(=O)c1sc(NC(=O)c2ccc(S(=O)(=O)N(CCC#N)CCC#N)cc2)c(C#N)c1C. The van der Waals surface area contributed by atoms with Crippen molar-refractivity contribution in [3.8, 4) is 18.2 Å². The number of hydrogen-bond acceptors (Lipinski definition) is 9. The monoisotopic (exact) mass is 485 g/mol. The van der Waals surface area contributed by atoms with Crippen molar-refractivity contribution in [2.24, 2.45) is 0 Å². The van der Waals surface area contributed by atoms with E-state index in [0.717, 1.165) is 15.6 Å². The van der Waals surface area contributed by atoms with Gasteiger partial charge in [-0.3, -0.25) is 4.79 Å². The van der Waals surface area contributed by atoms with Crippen LogP contribution >= 0.6 is 11.3 Å². The predicted octanol–water partition coefficient (Wildman–Crippen LogP) is 2.79. The van der Waals surface area contributed by atoms with Gasteiger partial charge in [-0.15, -0.1) is 11.3 Å². The Hall–Kier alpha value is -3.76. The molecule has 1 amide bonds. The first-order valence-electron chi connectivity index (χ1n) is 9.48. The molecular weight excluding hydrogens is 466 g/mol. The fourth-order valence-corrected chi connectivity index (χ4v) is 5.34. The topological polar surface area (TPSA) is 164 Å². The lowest BCUT2D eigenvalue weighted by Crippen LogP contribution is -2.32. The van der Waals surface area contributed by atoms with E-state index in [-0.39, 0.29) is 51.8 Å². The molecule has 0 saturated heterocycles. The van der Waals surface area contributed by atoms with Gasteiger partial charge in [0.2, 0.25) is 10.0 Å². The molecule has 2 rings (SSSR count). The molecule has 0 fully saturated rings. The number of anilines is 1. The number of rotatable bonds is 9. The summed E-state index contributed by atoms with van der Waals surface area (Å²) in [5, 5.41) is 29.7. The number of hydrogen-bond donors (Lipinski definition) is 1. The lowest BCUT2D eigenvalue weighted by molar-refractivity contribution is 0.0605. The molecular formula is C21H19N5O5S2. The van der Waals surface area contributed by atoms with E-state index in [1.165, 1.54) is 31.4 Å². The average molecular weight is 486 g/mol. The fourth-order valence-electron chi connectivity index (χ4n) is 2.83. The van der Waals surface area contributed by atoms with Crippen LogP contribution in [0.1, 0.15) is 44.0 Å². The molecule has 170 valence electrons. The third-order valence-corrected chi connectivity index (χ3v) is 7.66. The number of thiophene rings is 1. The minimum Gasteiger partial charge on any atom is -0.465 e. The average Bonchev–Trinajstić information content (AvgIpc) is 3.13. The van der Waals surface area contributed by atoms with Crippen LogP contribution in [0.25, 0.3) is 0 Å². The van der Waals surface area contributed by atoms with Crippen molar-refractivity contribution in [3.05, 3.63) is 45.8 Å². The summed E-state index contributed by atoms with van der Waals surface area (Å²) in [5.74, 6) is -1.22. The van der Waals surface area contributed by atoms with E-state index in [9.17, 15) is 23.3 Å². The molecule has 0 spiro atoms. The van der Waals surface area contributed by atoms with Crippen molar-refractivity contribution in [3.63, 3.8) is 0 Å². The van der Waals surface area contributed by atoms with Crippen LogP contribution in [0, 0.1) is 40.9 Å². The molecule has 0 bridgehead atoms. The minimum atomic E-state index is -3.97. The molecule has 0 radical (unpaired) electrons. The second-order valence-electron chi connectivity index (χ2n) is 6.56. The van der Waals surface area contributed by atoms with Gasteiger partial charge < -0.3 is 10.1 Å². The third kappa shape index (κ3) is 5.73. The normalized spacial score (nSPS) is 10.7. The van der Waals surface area contributed by atoms with Gasteiger partial charge in [0.25, 0.3) is 5.91 Å². The van der Waals surface area contributed by atoms with Crippen LogP contribution in [-0.2, 0) is 14.8 Å². The molecule has 0 aliphatic carbocycles. The summed E-state index contributed by atoms with van der Waals surface area (Å²) in [6.07, 6.45) is -0.0552. The summed E-state index contributed by atoms with van der Waals surface area (Å²) < 4.78 is 31.5. The Kier molecular flexibility index (Phi) is 8.66. The maximum absolute atomic E-state index is 12.9. The molecule has 1 heterocycles. The van der Waals surface area contributed by atoms with Gasteiger partial charge in [0.05, 0.1) is 29.7 Å². The highest BCUT2D eigenvalue weighted by Gasteiger charge is 2.25. The number of carbonyl (C=O) groups excluding carboxylic acids is 2. The Morgan fingerprint density at radius 2 is 1.67 bits per heavy atom. The number of amides is 1. The largest absolute Gasteiger partial charge is 0.465 e. The predicted molar refractivity (Wildman–Crippen MR) is 119 cm³/mol. The highest BCUT2D eigenvalue weighted by molar-refractivity contribution is 7.89. The zero-order chi connectivity index (χ0) is 24.6. The molecule has 12 heteroatoms. The second-order valence-corrected chi connectivity index (χ2v) is 9.52. The van der Waals surface area contributed by atoms with Crippen molar-refractivity contribution in [1.82, 2.24) is 4.31 Å². The van der Waals surface area contributed by atoms with Crippen LogP contribution in [0.4, 0.5) is 5.00 Å². The second kappa shape index (κ2) is 11.2. The van der Waals surface area contributed by atoms with Gasteiger partial charge in [-0.25, -0.2) is 13.2 Å². The van der Waals surface area contributed by atoms with E-state index in [1.807, 2.05) is 18.2 Å². The summed E-state index contributed by atoms with van der Waals surface area (Å²) in [6.45, 7) is 1.46. The molecule has 33 heavy (non-hydrogen) atoms. The highest BCUT2D eigenvalue weighted by Crippen LogP contribution is 2.33. The van der Waals surface area contributed by atoms with Gasteiger partial charge in [-0.1, -0.05) is 0 Å². The number of carbonyl (C=O) groups is 2. The minimum absolute atomic E-state index is 0.0276. The number of nitrogens with one attached hydrogen (secondary N) is 1. The van der Waals surface area contributed by atoms with Crippen molar-refractivity contribution in [2.45, 2.75) is 24.7 Å². The molecule has 0 aliphatic heterocycles. The number of esters is 1. The Balaban J connectivity index is 2.27. The number of methoxy groups -OCH3 is 1. The summed E-state index contributed by atoms with van der Waals surface area (Å²) >= 11 is 0.909. The third-order valence-electron chi connectivity index (χ3n) is 4.56. The lowest BCUT2D eigenvalue weighted by atomic mass is 10.1. The number of ether oxygens (including phenoxy) is 1. The van der Waals surface area contributed by atoms with Crippen molar-refractivity contribution < 1.29 is 22.7 Å². The first kappa shape index (κ1) is 25.5. The van der Waals surface area contributed by atoms with Crippen molar-refractivity contribution in [2.75, 3.05) is 25.5 Å². The number of nitriles is 3. The standard InChI is InChI=1S/C21H19N5O5S2/c1-14-17(13-24)20(32-18(14)21(28)31-2)25-19(27)15-5-7-16(8-6-15)33(29,30)26(11-3-9-22)12-4-10-23/h5-8H,3-4,11-12H2,1-2H3,(H,25,27). The Morgan fingerprint density at radius 3 is 2.15 bits per heavy atom. The molecule has 0 saturated carbocycles. The maximum Gasteiger partial charge on any atom is 0.348 e. The molecule has 2 aromatic rings. The Labute approximate surface area is 195 Å². The van der Waals surface area contributed by atoms with Gasteiger partial charge in [0, 0.05) is 31.5 Å². The molecule has 1 aromatic carbocycles. The van der Waals surface area contributed by atoms with E-state index >= 15 is 0 Å². The first-order valence-corrected chi connectivity index (χ1v) is 11.7. The molecule has 10 nitrogen and oxygen atoms in total. The van der Waals surface area contributed by atoms with E-state index in [0.29, 0.717) is 5.56 Å². The number of benzene rings is 1. The van der Waals surface area contributed by atoms with Gasteiger partial charge >= 0.3 is 5.97 Å². The van der Waals surface area contributed by atoms with E-state index in [1.54, 1.807) is 6.92 Å². The fraction of sp³-hybridized carbons (Fsp3) is 0.286. The molecule has 0 atom stereocenters. The highest BCUT2D eigenvalue weighted by atomic mass is 32.2. The zero-order valence-electron chi connectivity index (χ0n) is 17.8. The maximum atomic E-state index is 12.9. The molecule has 1 N–H and O–H groups in total. The summed E-state index contributed by atoms with van der Waals surface area (Å²) in [5.41, 5.74) is 0.656. The lowest BCUT2D eigenvalue weighted by Gasteiger charge is -2.20.